The van der Waals surface area contributed by atoms with Crippen molar-refractivity contribution in [3.05, 3.63) is 83.7 Å². The van der Waals surface area contributed by atoms with Gasteiger partial charge >= 0.3 is 0 Å². The van der Waals surface area contributed by atoms with Gasteiger partial charge in [-0.05, 0) is 60.7 Å². The first-order valence-electron chi connectivity index (χ1n) is 11.8. The zero-order chi connectivity index (χ0) is 25.0. The summed E-state index contributed by atoms with van der Waals surface area (Å²) in [4.78, 5) is 9.01. The van der Waals surface area contributed by atoms with Crippen molar-refractivity contribution in [1.29, 1.82) is 5.41 Å². The molecule has 7 heteroatoms. The Hall–Kier alpha value is -3.87. The van der Waals surface area contributed by atoms with Crippen LogP contribution in [0.15, 0.2) is 66.8 Å². The predicted octanol–water partition coefficient (Wildman–Crippen LogP) is 5.57. The average Bonchev–Trinajstić information content (AvgIpc) is 3.60. The molecule has 1 saturated carbocycles. The smallest absolute Gasteiger partial charge is 0.197 e. The number of guanidine groups is 1. The van der Waals surface area contributed by atoms with Gasteiger partial charge in [0.2, 0.25) is 0 Å². The first-order valence-corrected chi connectivity index (χ1v) is 11.8. The molecule has 0 saturated heterocycles. The maximum atomic E-state index is 8.32. The summed E-state index contributed by atoms with van der Waals surface area (Å²) in [6.07, 6.45) is 7.21. The Labute approximate surface area is 206 Å². The van der Waals surface area contributed by atoms with Gasteiger partial charge in [0.05, 0.1) is 25.4 Å². The van der Waals surface area contributed by atoms with Crippen LogP contribution in [0.4, 0.5) is 5.69 Å². The van der Waals surface area contributed by atoms with Gasteiger partial charge < -0.3 is 20.1 Å². The highest BCUT2D eigenvalue weighted by Crippen LogP contribution is 2.51. The lowest BCUT2D eigenvalue weighted by atomic mass is 10.0. The number of hydrogen-bond donors (Lipinski definition) is 3. The monoisotopic (exact) mass is 471 g/mol. The van der Waals surface area contributed by atoms with Gasteiger partial charge in [0.25, 0.3) is 0 Å². The van der Waals surface area contributed by atoms with E-state index in [1.807, 2.05) is 30.3 Å². The lowest BCUT2D eigenvalue weighted by Gasteiger charge is -2.15. The fraction of sp³-hybridized carbons (Fsp3) is 0.321. The van der Waals surface area contributed by atoms with Gasteiger partial charge in [-0.15, -0.1) is 0 Å². The molecule has 0 spiro atoms. The molecule has 2 aromatic carbocycles. The van der Waals surface area contributed by atoms with Gasteiger partial charge in [-0.3, -0.25) is 5.41 Å². The minimum Gasteiger partial charge on any atom is -0.500 e. The zero-order valence-electron chi connectivity index (χ0n) is 20.9. The molecule has 1 aliphatic rings. The molecule has 0 amide bonds. The first kappa shape index (κ1) is 24.3. The Kier molecular flexibility index (Phi) is 7.05. The number of allylic oxidation sites excluding steroid dienone is 2. The summed E-state index contributed by atoms with van der Waals surface area (Å²) in [5.41, 5.74) is 5.55. The van der Waals surface area contributed by atoms with Gasteiger partial charge in [-0.25, -0.2) is 9.97 Å². The number of methoxy groups -OCH3 is 2. The number of aryl methyl sites for hydroxylation is 1. The van der Waals surface area contributed by atoms with Gasteiger partial charge in [-0.1, -0.05) is 32.6 Å². The molecule has 0 bridgehead atoms. The molecular formula is C28H33N5O2. The highest BCUT2D eigenvalue weighted by atomic mass is 16.5. The predicted molar refractivity (Wildman–Crippen MR) is 141 cm³/mol. The molecule has 1 aromatic heterocycles. The van der Waals surface area contributed by atoms with Crippen LogP contribution in [0.5, 0.6) is 5.75 Å². The maximum absolute atomic E-state index is 8.32. The van der Waals surface area contributed by atoms with Crippen molar-refractivity contribution in [2.24, 2.45) is 5.41 Å². The molecule has 0 aliphatic heterocycles. The van der Waals surface area contributed by atoms with Gasteiger partial charge in [0.15, 0.2) is 5.96 Å². The van der Waals surface area contributed by atoms with Gasteiger partial charge in [-0.2, -0.15) is 0 Å². The number of benzene rings is 2. The SMILES string of the molecule is C=C(/C=C(\OC)C1(C)CC1)NC(=N)Nc1cccc(Cc2ncnc3cc(CC)c(OC)cc23)c1. The number of fused-ring (bicyclic) bond motifs is 1. The van der Waals surface area contributed by atoms with Crippen molar-refractivity contribution in [2.45, 2.75) is 39.5 Å². The van der Waals surface area contributed by atoms with Crippen LogP contribution >= 0.6 is 0 Å². The molecule has 35 heavy (non-hydrogen) atoms. The maximum Gasteiger partial charge on any atom is 0.197 e. The minimum absolute atomic E-state index is 0.0939. The molecule has 0 radical (unpaired) electrons. The number of ether oxygens (including phenoxy) is 2. The largest absolute Gasteiger partial charge is 0.500 e. The van der Waals surface area contributed by atoms with Crippen LogP contribution in [0.25, 0.3) is 10.9 Å². The summed E-state index contributed by atoms with van der Waals surface area (Å²) in [6, 6.07) is 12.1. The van der Waals surface area contributed by atoms with E-state index in [0.29, 0.717) is 12.1 Å². The van der Waals surface area contributed by atoms with Gasteiger partial charge in [0, 0.05) is 28.6 Å². The van der Waals surface area contributed by atoms with Crippen molar-refractivity contribution >= 4 is 22.5 Å². The second kappa shape index (κ2) is 10.2. The van der Waals surface area contributed by atoms with Gasteiger partial charge in [0.1, 0.15) is 17.8 Å². The first-order chi connectivity index (χ1) is 16.8. The highest BCUT2D eigenvalue weighted by molar-refractivity contribution is 5.92. The van der Waals surface area contributed by atoms with Crippen molar-refractivity contribution in [3.63, 3.8) is 0 Å². The van der Waals surface area contributed by atoms with E-state index in [4.69, 9.17) is 14.9 Å². The zero-order valence-corrected chi connectivity index (χ0v) is 20.9. The van der Waals surface area contributed by atoms with Crippen LogP contribution in [0.1, 0.15) is 43.5 Å². The fourth-order valence-corrected chi connectivity index (χ4v) is 4.18. The van der Waals surface area contributed by atoms with Crippen molar-refractivity contribution < 1.29 is 9.47 Å². The van der Waals surface area contributed by atoms with E-state index >= 15 is 0 Å². The molecular weight excluding hydrogens is 438 g/mol. The van der Waals surface area contributed by atoms with E-state index in [2.05, 4.69) is 53.2 Å². The molecule has 0 atom stereocenters. The number of anilines is 1. The highest BCUT2D eigenvalue weighted by Gasteiger charge is 2.42. The Morgan fingerprint density at radius 1 is 1.20 bits per heavy atom. The Morgan fingerprint density at radius 2 is 2.00 bits per heavy atom. The van der Waals surface area contributed by atoms with Crippen LogP contribution in [0.2, 0.25) is 0 Å². The molecule has 3 aromatic rings. The van der Waals surface area contributed by atoms with Crippen LogP contribution in [-0.4, -0.2) is 30.1 Å². The standard InChI is InChI=1S/C28H33N5O2/c1-6-20-15-24-22(16-25(20)34-4)23(30-17-31-24)14-19-8-7-9-21(13-19)33-27(29)32-18(2)12-26(35-5)28(3)10-11-28/h7-9,12-13,15-17H,2,6,10-11,14H2,1,3-5H3,(H3,29,32,33)/b26-12-. The van der Waals surface area contributed by atoms with Crippen LogP contribution in [-0.2, 0) is 17.6 Å². The van der Waals surface area contributed by atoms with E-state index < -0.39 is 0 Å². The van der Waals surface area contributed by atoms with E-state index in [1.54, 1.807) is 20.5 Å². The van der Waals surface area contributed by atoms with E-state index in [9.17, 15) is 0 Å². The molecule has 1 heterocycles. The molecule has 182 valence electrons. The lowest BCUT2D eigenvalue weighted by molar-refractivity contribution is 0.239. The van der Waals surface area contributed by atoms with Crippen LogP contribution in [0, 0.1) is 10.8 Å². The van der Waals surface area contributed by atoms with Crippen LogP contribution in [0.3, 0.4) is 0 Å². The van der Waals surface area contributed by atoms with Crippen LogP contribution < -0.4 is 15.4 Å². The number of hydrogen-bond acceptors (Lipinski definition) is 5. The fourth-order valence-electron chi connectivity index (χ4n) is 4.18. The summed E-state index contributed by atoms with van der Waals surface area (Å²) in [6.45, 7) is 8.30. The number of nitrogens with zero attached hydrogens (tertiary/aromatic N) is 2. The summed E-state index contributed by atoms with van der Waals surface area (Å²) in [7, 11) is 3.37. The Morgan fingerprint density at radius 3 is 2.69 bits per heavy atom. The molecule has 7 nitrogen and oxygen atoms in total. The van der Waals surface area contributed by atoms with E-state index in [0.717, 1.165) is 64.2 Å². The average molecular weight is 472 g/mol. The lowest BCUT2D eigenvalue weighted by Crippen LogP contribution is -2.28. The third-order valence-electron chi connectivity index (χ3n) is 6.47. The third kappa shape index (κ3) is 5.62. The second-order valence-electron chi connectivity index (χ2n) is 9.16. The molecule has 4 rings (SSSR count). The Bertz CT molecular complexity index is 1290. The summed E-state index contributed by atoms with van der Waals surface area (Å²) in [5.74, 6) is 1.89. The van der Waals surface area contributed by atoms with E-state index in [-0.39, 0.29) is 11.4 Å². The normalized spacial score (nSPS) is 14.3. The van der Waals surface area contributed by atoms with Crippen molar-refractivity contribution in [1.82, 2.24) is 15.3 Å². The number of nitrogens with one attached hydrogen (secondary N) is 3. The number of aromatic nitrogens is 2. The molecule has 1 fully saturated rings. The Balaban J connectivity index is 1.47. The van der Waals surface area contributed by atoms with Crippen molar-refractivity contribution in [2.75, 3.05) is 19.5 Å². The summed E-state index contributed by atoms with van der Waals surface area (Å²) < 4.78 is 11.1. The van der Waals surface area contributed by atoms with Crippen molar-refractivity contribution in [3.8, 4) is 5.75 Å². The topological polar surface area (TPSA) is 92.2 Å². The molecule has 0 unspecified atom stereocenters. The second-order valence-corrected chi connectivity index (χ2v) is 9.16. The summed E-state index contributed by atoms with van der Waals surface area (Å²) in [5, 5.41) is 15.4. The minimum atomic E-state index is 0.0939. The molecule has 1 aliphatic carbocycles. The third-order valence-corrected chi connectivity index (χ3v) is 6.47. The molecule has 3 N–H and O–H groups in total. The quantitative estimate of drug-likeness (QED) is 0.163. The summed E-state index contributed by atoms with van der Waals surface area (Å²) >= 11 is 0. The number of rotatable bonds is 9. The van der Waals surface area contributed by atoms with E-state index in [1.165, 1.54) is 0 Å².